The van der Waals surface area contributed by atoms with E-state index < -0.39 is 23.6 Å². The Labute approximate surface area is 145 Å². The van der Waals surface area contributed by atoms with Crippen molar-refractivity contribution < 1.29 is 22.8 Å². The minimum atomic E-state index is -4.51. The number of pyridine rings is 1. The molecule has 0 unspecified atom stereocenters. The molecule has 3 heterocycles. The molecule has 0 aromatic carbocycles. The Morgan fingerprint density at radius 2 is 2.08 bits per heavy atom. The zero-order chi connectivity index (χ0) is 18.0. The van der Waals surface area contributed by atoms with Crippen molar-refractivity contribution in [2.45, 2.75) is 25.1 Å². The summed E-state index contributed by atoms with van der Waals surface area (Å²) >= 11 is 1.52. The number of amides is 2. The topological polar surface area (TPSA) is 62.3 Å². The molecule has 1 saturated heterocycles. The highest BCUT2D eigenvalue weighted by Crippen LogP contribution is 2.34. The van der Waals surface area contributed by atoms with Gasteiger partial charge in [-0.2, -0.15) is 13.2 Å². The van der Waals surface area contributed by atoms with Gasteiger partial charge in [0.1, 0.15) is 5.82 Å². The number of nitrogens with zero attached hydrogens (tertiary/aromatic N) is 2. The number of likely N-dealkylation sites (tertiary alicyclic amines) is 1. The number of alkyl halides is 3. The van der Waals surface area contributed by atoms with Gasteiger partial charge in [-0.3, -0.25) is 9.59 Å². The fourth-order valence-electron chi connectivity index (χ4n) is 2.72. The highest BCUT2D eigenvalue weighted by molar-refractivity contribution is 7.10. The molecular weight excluding hydrogens is 355 g/mol. The molecule has 0 bridgehead atoms. The van der Waals surface area contributed by atoms with E-state index in [9.17, 15) is 22.8 Å². The zero-order valence-electron chi connectivity index (χ0n) is 12.9. The standard InChI is InChI=1S/C16H14F3N3O2S/c17-16(18,19)10-5-6-13(20-9-10)21-14(23)15(24)22-7-1-3-11(22)12-4-2-8-25-12/h2,4-6,8-9,11H,1,3,7H2,(H,20,21,23)/t11-/m0/s1. The Morgan fingerprint density at radius 3 is 2.68 bits per heavy atom. The number of anilines is 1. The third-order valence-corrected chi connectivity index (χ3v) is 4.89. The second-order valence-corrected chi connectivity index (χ2v) is 6.54. The molecule has 0 aliphatic carbocycles. The van der Waals surface area contributed by atoms with Crippen molar-refractivity contribution in [3.05, 3.63) is 46.3 Å². The SMILES string of the molecule is O=C(Nc1ccc(C(F)(F)F)cn1)C(=O)N1CCC[C@H]1c1cccs1. The lowest BCUT2D eigenvalue weighted by atomic mass is 10.2. The summed E-state index contributed by atoms with van der Waals surface area (Å²) in [5.74, 6) is -1.72. The quantitative estimate of drug-likeness (QED) is 0.825. The summed E-state index contributed by atoms with van der Waals surface area (Å²) < 4.78 is 37.5. The average molecular weight is 369 g/mol. The van der Waals surface area contributed by atoms with Crippen LogP contribution >= 0.6 is 11.3 Å². The van der Waals surface area contributed by atoms with E-state index in [1.807, 2.05) is 17.5 Å². The lowest BCUT2D eigenvalue weighted by Crippen LogP contribution is -2.39. The first-order valence-electron chi connectivity index (χ1n) is 7.55. The van der Waals surface area contributed by atoms with Crippen LogP contribution in [0.4, 0.5) is 19.0 Å². The Bertz CT molecular complexity index is 760. The molecule has 3 rings (SSSR count). The van der Waals surface area contributed by atoms with Crippen LogP contribution in [0.25, 0.3) is 0 Å². The minimum Gasteiger partial charge on any atom is -0.327 e. The van der Waals surface area contributed by atoms with E-state index in [4.69, 9.17) is 0 Å². The second kappa shape index (κ2) is 6.83. The van der Waals surface area contributed by atoms with Crippen LogP contribution in [-0.2, 0) is 15.8 Å². The maximum absolute atomic E-state index is 12.5. The van der Waals surface area contributed by atoms with Gasteiger partial charge in [0.25, 0.3) is 0 Å². The lowest BCUT2D eigenvalue weighted by molar-refractivity contribution is -0.143. The average Bonchev–Trinajstić information content (AvgIpc) is 3.24. The molecule has 132 valence electrons. The summed E-state index contributed by atoms with van der Waals surface area (Å²) in [6.07, 6.45) is -2.32. The fraction of sp³-hybridized carbons (Fsp3) is 0.312. The molecule has 1 atom stereocenters. The van der Waals surface area contributed by atoms with E-state index >= 15 is 0 Å². The number of hydrogen-bond donors (Lipinski definition) is 1. The molecule has 0 radical (unpaired) electrons. The summed E-state index contributed by atoms with van der Waals surface area (Å²) in [4.78, 5) is 30.6. The molecule has 1 fully saturated rings. The molecule has 1 N–H and O–H groups in total. The minimum absolute atomic E-state index is 0.0989. The van der Waals surface area contributed by atoms with Crippen LogP contribution < -0.4 is 5.32 Å². The Morgan fingerprint density at radius 1 is 1.28 bits per heavy atom. The number of aromatic nitrogens is 1. The summed E-state index contributed by atoms with van der Waals surface area (Å²) in [7, 11) is 0. The Kier molecular flexibility index (Phi) is 4.76. The Hall–Kier alpha value is -2.42. The number of halogens is 3. The summed E-state index contributed by atoms with van der Waals surface area (Å²) in [6.45, 7) is 0.468. The van der Waals surface area contributed by atoms with Crippen LogP contribution in [0.2, 0.25) is 0 Å². The third-order valence-electron chi connectivity index (χ3n) is 3.91. The molecule has 5 nitrogen and oxygen atoms in total. The maximum atomic E-state index is 12.5. The summed E-state index contributed by atoms with van der Waals surface area (Å²) in [5.41, 5.74) is -0.922. The highest BCUT2D eigenvalue weighted by Gasteiger charge is 2.34. The van der Waals surface area contributed by atoms with Gasteiger partial charge in [-0.15, -0.1) is 11.3 Å². The van der Waals surface area contributed by atoms with Crippen LogP contribution in [-0.4, -0.2) is 28.2 Å². The fourth-order valence-corrected chi connectivity index (χ4v) is 3.60. The maximum Gasteiger partial charge on any atom is 0.417 e. The van der Waals surface area contributed by atoms with Gasteiger partial charge in [-0.05, 0) is 36.4 Å². The predicted octanol–water partition coefficient (Wildman–Crippen LogP) is 3.46. The van der Waals surface area contributed by atoms with Crippen LogP contribution in [0.3, 0.4) is 0 Å². The second-order valence-electron chi connectivity index (χ2n) is 5.56. The zero-order valence-corrected chi connectivity index (χ0v) is 13.7. The number of nitrogens with one attached hydrogen (secondary N) is 1. The van der Waals surface area contributed by atoms with E-state index in [1.165, 1.54) is 16.2 Å². The molecule has 25 heavy (non-hydrogen) atoms. The first kappa shape index (κ1) is 17.4. The molecule has 1 aliphatic rings. The van der Waals surface area contributed by atoms with Crippen molar-refractivity contribution in [1.29, 1.82) is 0 Å². The van der Waals surface area contributed by atoms with Crippen LogP contribution in [0.1, 0.15) is 29.3 Å². The number of carbonyl (C=O) groups is 2. The molecule has 9 heteroatoms. The van der Waals surface area contributed by atoms with Gasteiger partial charge in [0.05, 0.1) is 11.6 Å². The van der Waals surface area contributed by atoms with Gasteiger partial charge < -0.3 is 10.2 Å². The normalized spacial score (nSPS) is 17.6. The van der Waals surface area contributed by atoms with E-state index in [2.05, 4.69) is 10.3 Å². The van der Waals surface area contributed by atoms with Crippen molar-refractivity contribution in [1.82, 2.24) is 9.88 Å². The molecule has 2 aromatic rings. The monoisotopic (exact) mass is 369 g/mol. The van der Waals surface area contributed by atoms with Crippen molar-refractivity contribution in [2.75, 3.05) is 11.9 Å². The number of rotatable bonds is 2. The largest absolute Gasteiger partial charge is 0.417 e. The lowest BCUT2D eigenvalue weighted by Gasteiger charge is -2.23. The van der Waals surface area contributed by atoms with E-state index in [0.717, 1.165) is 29.9 Å². The molecular formula is C16H14F3N3O2S. The highest BCUT2D eigenvalue weighted by atomic mass is 32.1. The van der Waals surface area contributed by atoms with Crippen LogP contribution in [0.5, 0.6) is 0 Å². The summed E-state index contributed by atoms with van der Waals surface area (Å²) in [5, 5.41) is 4.16. The van der Waals surface area contributed by atoms with Crippen molar-refractivity contribution in [3.63, 3.8) is 0 Å². The van der Waals surface area contributed by atoms with E-state index in [-0.39, 0.29) is 11.9 Å². The number of carbonyl (C=O) groups excluding carboxylic acids is 2. The first-order valence-corrected chi connectivity index (χ1v) is 8.43. The molecule has 2 aromatic heterocycles. The van der Waals surface area contributed by atoms with E-state index in [1.54, 1.807) is 0 Å². The van der Waals surface area contributed by atoms with Crippen molar-refractivity contribution in [2.24, 2.45) is 0 Å². The number of thiophene rings is 1. The molecule has 2 amide bonds. The summed E-state index contributed by atoms with van der Waals surface area (Å²) in [6, 6.07) is 5.48. The van der Waals surface area contributed by atoms with Crippen LogP contribution in [0.15, 0.2) is 35.8 Å². The predicted molar refractivity (Wildman–Crippen MR) is 85.9 cm³/mol. The van der Waals surface area contributed by atoms with Crippen molar-refractivity contribution in [3.8, 4) is 0 Å². The molecule has 1 aliphatic heterocycles. The van der Waals surface area contributed by atoms with Gasteiger partial charge in [-0.1, -0.05) is 6.07 Å². The van der Waals surface area contributed by atoms with Gasteiger partial charge in [-0.25, -0.2) is 4.98 Å². The smallest absolute Gasteiger partial charge is 0.327 e. The molecule has 0 saturated carbocycles. The third kappa shape index (κ3) is 3.81. The Balaban J connectivity index is 1.67. The number of hydrogen-bond acceptors (Lipinski definition) is 4. The van der Waals surface area contributed by atoms with Gasteiger partial charge in [0.15, 0.2) is 0 Å². The van der Waals surface area contributed by atoms with Gasteiger partial charge >= 0.3 is 18.0 Å². The van der Waals surface area contributed by atoms with Gasteiger partial charge in [0, 0.05) is 17.6 Å². The van der Waals surface area contributed by atoms with Gasteiger partial charge in [0.2, 0.25) is 0 Å². The molecule has 0 spiro atoms. The van der Waals surface area contributed by atoms with Crippen LogP contribution in [0, 0.1) is 0 Å². The van der Waals surface area contributed by atoms with E-state index in [0.29, 0.717) is 12.7 Å². The first-order chi connectivity index (χ1) is 11.9. The van der Waals surface area contributed by atoms with Crippen molar-refractivity contribution >= 4 is 29.0 Å².